The summed E-state index contributed by atoms with van der Waals surface area (Å²) >= 11 is 0. The number of carboxylic acids is 2. The number of hydrogen-bond donors (Lipinski definition) is 4. The standard InChI is InChI=1S/C10H8N2O2.C6H8N2O3/c13-10(14)8-1-3-9(4-2-8)12-6-5-11-7-12;1-2-3-4(5(9)10)8-6(11)7-3/h1-7H,(H,13,14);2H2,1H3,(H,9,10)(H2,7,8,11). The average Bonchev–Trinajstić information content (AvgIpc) is 3.24. The maximum atomic E-state index is 10.6. The maximum Gasteiger partial charge on any atom is 0.354 e. The smallest absolute Gasteiger partial charge is 0.354 e. The third-order valence-corrected chi connectivity index (χ3v) is 3.29. The molecule has 0 bridgehead atoms. The van der Waals surface area contributed by atoms with Gasteiger partial charge >= 0.3 is 17.6 Å². The van der Waals surface area contributed by atoms with Crippen LogP contribution in [0.3, 0.4) is 0 Å². The zero-order valence-corrected chi connectivity index (χ0v) is 13.3. The Morgan fingerprint density at radius 2 is 1.80 bits per heavy atom. The molecule has 0 aliphatic carbocycles. The zero-order valence-electron chi connectivity index (χ0n) is 13.3. The van der Waals surface area contributed by atoms with Gasteiger partial charge < -0.3 is 19.8 Å². The van der Waals surface area contributed by atoms with Gasteiger partial charge in [0, 0.05) is 18.1 Å². The molecule has 2 aromatic heterocycles. The summed E-state index contributed by atoms with van der Waals surface area (Å²) in [6, 6.07) is 6.62. The summed E-state index contributed by atoms with van der Waals surface area (Å²) in [6.07, 6.45) is 5.64. The molecular formula is C16H16N4O5. The Hall–Kier alpha value is -3.62. The molecule has 2 heterocycles. The number of aromatic nitrogens is 4. The predicted octanol–water partition coefficient (Wildman–Crippen LogP) is 1.53. The second-order valence-electron chi connectivity index (χ2n) is 4.91. The molecule has 25 heavy (non-hydrogen) atoms. The number of nitrogens with zero attached hydrogens (tertiary/aromatic N) is 2. The van der Waals surface area contributed by atoms with Crippen LogP contribution in [-0.4, -0.2) is 41.7 Å². The van der Waals surface area contributed by atoms with E-state index < -0.39 is 17.6 Å². The highest BCUT2D eigenvalue weighted by molar-refractivity contribution is 5.87. The Morgan fingerprint density at radius 1 is 1.12 bits per heavy atom. The summed E-state index contributed by atoms with van der Waals surface area (Å²) in [5.41, 5.74) is 1.10. The lowest BCUT2D eigenvalue weighted by Crippen LogP contribution is -2.04. The first-order valence-electron chi connectivity index (χ1n) is 7.28. The lowest BCUT2D eigenvalue weighted by molar-refractivity contribution is 0.0682. The van der Waals surface area contributed by atoms with Gasteiger partial charge in [-0.2, -0.15) is 0 Å². The normalized spacial score (nSPS) is 9.96. The van der Waals surface area contributed by atoms with Crippen LogP contribution in [-0.2, 0) is 6.42 Å². The molecule has 4 N–H and O–H groups in total. The first-order chi connectivity index (χ1) is 11.9. The summed E-state index contributed by atoms with van der Waals surface area (Å²) in [5, 5.41) is 17.2. The molecule has 9 nitrogen and oxygen atoms in total. The summed E-state index contributed by atoms with van der Waals surface area (Å²) in [4.78, 5) is 40.1. The largest absolute Gasteiger partial charge is 0.478 e. The van der Waals surface area contributed by atoms with E-state index in [4.69, 9.17) is 10.2 Å². The van der Waals surface area contributed by atoms with Crippen molar-refractivity contribution in [2.24, 2.45) is 0 Å². The third kappa shape index (κ3) is 4.44. The molecule has 130 valence electrons. The number of hydrogen-bond acceptors (Lipinski definition) is 4. The van der Waals surface area contributed by atoms with Gasteiger partial charge in [0.15, 0.2) is 0 Å². The molecule has 0 saturated heterocycles. The maximum absolute atomic E-state index is 10.6. The Bertz CT molecular complexity index is 907. The molecular weight excluding hydrogens is 328 g/mol. The second kappa shape index (κ2) is 7.77. The number of carboxylic acid groups (broad SMARTS) is 2. The van der Waals surface area contributed by atoms with Crippen LogP contribution in [0.1, 0.15) is 33.5 Å². The Balaban J connectivity index is 0.000000186. The highest BCUT2D eigenvalue weighted by atomic mass is 16.4. The Morgan fingerprint density at radius 3 is 2.24 bits per heavy atom. The number of benzene rings is 1. The molecule has 0 fully saturated rings. The fraction of sp³-hybridized carbons (Fsp3) is 0.125. The van der Waals surface area contributed by atoms with Crippen LogP contribution in [0.4, 0.5) is 0 Å². The number of aryl methyl sites for hydroxylation is 1. The van der Waals surface area contributed by atoms with Crippen molar-refractivity contribution in [1.29, 1.82) is 0 Å². The SMILES string of the molecule is CCc1[nH]c(=O)[nH]c1C(=O)O.O=C(O)c1ccc(-n2ccnc2)cc1. The van der Waals surface area contributed by atoms with E-state index in [1.54, 1.807) is 49.9 Å². The van der Waals surface area contributed by atoms with Crippen LogP contribution in [0.25, 0.3) is 5.69 Å². The summed E-state index contributed by atoms with van der Waals surface area (Å²) in [5.74, 6) is -2.03. The highest BCUT2D eigenvalue weighted by Crippen LogP contribution is 2.08. The minimum atomic E-state index is -1.11. The van der Waals surface area contributed by atoms with E-state index in [2.05, 4.69) is 15.0 Å². The van der Waals surface area contributed by atoms with Crippen molar-refractivity contribution < 1.29 is 19.8 Å². The van der Waals surface area contributed by atoms with E-state index in [0.29, 0.717) is 12.1 Å². The number of aromatic amines is 2. The van der Waals surface area contributed by atoms with E-state index in [0.717, 1.165) is 5.69 Å². The molecule has 0 aliphatic rings. The van der Waals surface area contributed by atoms with Crippen LogP contribution in [0, 0.1) is 0 Å². The molecule has 0 radical (unpaired) electrons. The summed E-state index contributed by atoms with van der Waals surface area (Å²) in [6.45, 7) is 1.77. The highest BCUT2D eigenvalue weighted by Gasteiger charge is 2.11. The average molecular weight is 344 g/mol. The van der Waals surface area contributed by atoms with E-state index >= 15 is 0 Å². The molecule has 9 heteroatoms. The topological polar surface area (TPSA) is 141 Å². The van der Waals surface area contributed by atoms with Crippen LogP contribution in [0.2, 0.25) is 0 Å². The first kappa shape index (κ1) is 17.7. The second-order valence-corrected chi connectivity index (χ2v) is 4.91. The predicted molar refractivity (Wildman–Crippen MR) is 88.3 cm³/mol. The number of imidazole rings is 2. The molecule has 0 saturated carbocycles. The van der Waals surface area contributed by atoms with Gasteiger partial charge in [-0.1, -0.05) is 6.92 Å². The van der Waals surface area contributed by atoms with Gasteiger partial charge in [-0.3, -0.25) is 4.98 Å². The molecule has 0 spiro atoms. The van der Waals surface area contributed by atoms with Crippen molar-refractivity contribution in [2.75, 3.05) is 0 Å². The summed E-state index contributed by atoms with van der Waals surface area (Å²) in [7, 11) is 0. The van der Waals surface area contributed by atoms with Gasteiger partial charge in [0.25, 0.3) is 0 Å². The number of nitrogens with one attached hydrogen (secondary N) is 2. The Kier molecular flexibility index (Phi) is 5.51. The third-order valence-electron chi connectivity index (χ3n) is 3.29. The summed E-state index contributed by atoms with van der Waals surface area (Å²) < 4.78 is 1.81. The number of aromatic carboxylic acids is 2. The van der Waals surface area contributed by atoms with Gasteiger partial charge in [0.1, 0.15) is 5.69 Å². The fourth-order valence-electron chi connectivity index (χ4n) is 2.06. The van der Waals surface area contributed by atoms with Gasteiger partial charge in [0.2, 0.25) is 0 Å². The van der Waals surface area contributed by atoms with Crippen molar-refractivity contribution in [2.45, 2.75) is 13.3 Å². The Labute approximate surface area is 141 Å². The van der Waals surface area contributed by atoms with E-state index in [1.807, 2.05) is 4.57 Å². The van der Waals surface area contributed by atoms with Crippen LogP contribution in [0.5, 0.6) is 0 Å². The van der Waals surface area contributed by atoms with E-state index in [-0.39, 0.29) is 11.3 Å². The van der Waals surface area contributed by atoms with Gasteiger partial charge in [-0.15, -0.1) is 0 Å². The molecule has 0 unspecified atom stereocenters. The van der Waals surface area contributed by atoms with Crippen LogP contribution < -0.4 is 5.69 Å². The van der Waals surface area contributed by atoms with E-state index in [9.17, 15) is 14.4 Å². The van der Waals surface area contributed by atoms with Crippen LogP contribution in [0.15, 0.2) is 47.8 Å². The first-order valence-corrected chi connectivity index (χ1v) is 7.28. The lowest BCUT2D eigenvalue weighted by Gasteiger charge is -2.01. The molecule has 3 rings (SSSR count). The van der Waals surface area contributed by atoms with Crippen molar-refractivity contribution in [1.82, 2.24) is 19.5 Å². The van der Waals surface area contributed by atoms with Crippen molar-refractivity contribution >= 4 is 11.9 Å². The van der Waals surface area contributed by atoms with Crippen LogP contribution >= 0.6 is 0 Å². The van der Waals surface area contributed by atoms with Crippen molar-refractivity contribution in [3.63, 3.8) is 0 Å². The molecule has 0 aliphatic heterocycles. The fourth-order valence-corrected chi connectivity index (χ4v) is 2.06. The molecule has 3 aromatic rings. The molecule has 0 atom stereocenters. The van der Waals surface area contributed by atoms with Crippen molar-refractivity contribution in [3.8, 4) is 5.69 Å². The van der Waals surface area contributed by atoms with Crippen molar-refractivity contribution in [3.05, 3.63) is 70.4 Å². The van der Waals surface area contributed by atoms with Gasteiger partial charge in [0.05, 0.1) is 17.6 Å². The number of carbonyl (C=O) groups is 2. The molecule has 1 aromatic carbocycles. The zero-order chi connectivity index (χ0) is 18.4. The van der Waals surface area contributed by atoms with E-state index in [1.165, 1.54) is 0 Å². The monoisotopic (exact) mass is 344 g/mol. The quantitative estimate of drug-likeness (QED) is 0.565. The van der Waals surface area contributed by atoms with Gasteiger partial charge in [-0.05, 0) is 30.7 Å². The number of rotatable bonds is 4. The number of H-pyrrole nitrogens is 2. The van der Waals surface area contributed by atoms with Gasteiger partial charge in [-0.25, -0.2) is 19.4 Å². The minimum Gasteiger partial charge on any atom is -0.478 e. The minimum absolute atomic E-state index is 0.0440. The lowest BCUT2D eigenvalue weighted by atomic mass is 10.2. The molecule has 0 amide bonds.